The second kappa shape index (κ2) is 27.9. The van der Waals surface area contributed by atoms with Gasteiger partial charge in [-0.3, -0.25) is 0 Å². The maximum atomic E-state index is 2.35. The zero-order chi connectivity index (χ0) is 22.9. The summed E-state index contributed by atoms with van der Waals surface area (Å²) in [6.07, 6.45) is 31.8. The van der Waals surface area contributed by atoms with Gasteiger partial charge < -0.3 is 28.5 Å². The van der Waals surface area contributed by atoms with Crippen LogP contribution in [-0.2, 0) is 0 Å². The number of hydrogen-bond acceptors (Lipinski definition) is 0. The molecular formula is C30H64IN. The minimum Gasteiger partial charge on any atom is -1.00 e. The summed E-state index contributed by atoms with van der Waals surface area (Å²) >= 11 is 0. The molecule has 0 bridgehead atoms. The highest BCUT2D eigenvalue weighted by molar-refractivity contribution is 4.54. The smallest absolute Gasteiger partial charge is 0.0786 e. The van der Waals surface area contributed by atoms with Crippen molar-refractivity contribution in [2.45, 2.75) is 169 Å². The van der Waals surface area contributed by atoms with Crippen molar-refractivity contribution in [3.05, 3.63) is 0 Å². The molecule has 0 rings (SSSR count). The Morgan fingerprint density at radius 1 is 0.281 bits per heavy atom. The first-order chi connectivity index (χ1) is 15.2. The Hall–Kier alpha value is 0.690. The van der Waals surface area contributed by atoms with E-state index in [-0.39, 0.29) is 24.0 Å². The second-order valence-electron chi connectivity index (χ2n) is 10.6. The first kappa shape index (κ1) is 34.9. The molecule has 0 aromatic carbocycles. The lowest BCUT2D eigenvalue weighted by molar-refractivity contribution is -0.929. The van der Waals surface area contributed by atoms with E-state index in [1.807, 2.05) is 0 Å². The number of rotatable bonds is 26. The number of hydrogen-bond donors (Lipinski definition) is 0. The van der Waals surface area contributed by atoms with Gasteiger partial charge in [0.2, 0.25) is 0 Å². The lowest BCUT2D eigenvalue weighted by atomic mass is 10.0. The fraction of sp³-hybridized carbons (Fsp3) is 1.00. The topological polar surface area (TPSA) is 0 Å². The van der Waals surface area contributed by atoms with Crippen molar-refractivity contribution in [3.63, 3.8) is 0 Å². The molecule has 0 amide bonds. The molecule has 1 nitrogen and oxygen atoms in total. The fourth-order valence-electron chi connectivity index (χ4n) is 5.23. The largest absolute Gasteiger partial charge is 1.00 e. The minimum absolute atomic E-state index is 0. The van der Waals surface area contributed by atoms with Crippen molar-refractivity contribution < 1.29 is 28.5 Å². The van der Waals surface area contributed by atoms with Crippen molar-refractivity contribution >= 4 is 0 Å². The van der Waals surface area contributed by atoms with Crippen molar-refractivity contribution in [2.75, 3.05) is 26.2 Å². The van der Waals surface area contributed by atoms with Crippen LogP contribution in [0, 0.1) is 0 Å². The molecule has 32 heavy (non-hydrogen) atoms. The molecule has 0 fully saturated rings. The average Bonchev–Trinajstić information content (AvgIpc) is 2.78. The number of unbranched alkanes of at least 4 members (excludes halogenated alkanes) is 18. The minimum atomic E-state index is 0. The highest BCUT2D eigenvalue weighted by atomic mass is 127. The molecule has 196 valence electrons. The fourth-order valence-corrected chi connectivity index (χ4v) is 5.23. The van der Waals surface area contributed by atoms with Gasteiger partial charge in [0.05, 0.1) is 26.2 Å². The maximum absolute atomic E-state index is 2.35. The van der Waals surface area contributed by atoms with Gasteiger partial charge in [0.1, 0.15) is 0 Å². The number of nitrogens with zero attached hydrogens (tertiary/aromatic N) is 1. The molecule has 0 spiro atoms. The zero-order valence-electron chi connectivity index (χ0n) is 23.2. The molecule has 0 N–H and O–H groups in total. The van der Waals surface area contributed by atoms with E-state index < -0.39 is 0 Å². The molecule has 0 aliphatic heterocycles. The van der Waals surface area contributed by atoms with E-state index in [4.69, 9.17) is 0 Å². The molecule has 2 heteroatoms. The van der Waals surface area contributed by atoms with Gasteiger partial charge in [-0.25, -0.2) is 0 Å². The zero-order valence-corrected chi connectivity index (χ0v) is 25.4. The van der Waals surface area contributed by atoms with Crippen molar-refractivity contribution in [2.24, 2.45) is 0 Å². The summed E-state index contributed by atoms with van der Waals surface area (Å²) in [5, 5.41) is 0. The van der Waals surface area contributed by atoms with Crippen LogP contribution in [0.2, 0.25) is 0 Å². The van der Waals surface area contributed by atoms with Crippen LogP contribution in [0.5, 0.6) is 0 Å². The van der Waals surface area contributed by atoms with Crippen LogP contribution < -0.4 is 24.0 Å². The average molecular weight is 566 g/mol. The van der Waals surface area contributed by atoms with Crippen molar-refractivity contribution in [1.29, 1.82) is 0 Å². The summed E-state index contributed by atoms with van der Waals surface area (Å²) in [6.45, 7) is 15.2. The predicted octanol–water partition coefficient (Wildman–Crippen LogP) is 7.47. The third kappa shape index (κ3) is 22.5. The third-order valence-corrected chi connectivity index (χ3v) is 7.44. The Morgan fingerprint density at radius 2 is 0.469 bits per heavy atom. The quantitative estimate of drug-likeness (QED) is 0.0580. The van der Waals surface area contributed by atoms with E-state index in [9.17, 15) is 0 Å². The van der Waals surface area contributed by atoms with Gasteiger partial charge >= 0.3 is 0 Å². The van der Waals surface area contributed by atoms with Crippen LogP contribution in [-0.4, -0.2) is 30.7 Å². The molecule has 0 radical (unpaired) electrons. The van der Waals surface area contributed by atoms with Crippen LogP contribution in [0.1, 0.15) is 169 Å². The molecule has 0 atom stereocenters. The van der Waals surface area contributed by atoms with Crippen molar-refractivity contribution in [1.82, 2.24) is 0 Å². The first-order valence-electron chi connectivity index (χ1n) is 15.1. The highest BCUT2D eigenvalue weighted by Gasteiger charge is 2.25. The maximum Gasteiger partial charge on any atom is 0.0786 e. The molecule has 0 unspecified atom stereocenters. The highest BCUT2D eigenvalue weighted by Crippen LogP contribution is 2.20. The van der Waals surface area contributed by atoms with Crippen LogP contribution in [0.3, 0.4) is 0 Å². The molecule has 0 aliphatic carbocycles. The summed E-state index contributed by atoms with van der Waals surface area (Å²) in [4.78, 5) is 0. The van der Waals surface area contributed by atoms with Crippen LogP contribution in [0.4, 0.5) is 0 Å². The molecule has 0 aromatic rings. The Balaban J connectivity index is 0. The summed E-state index contributed by atoms with van der Waals surface area (Å²) in [5.74, 6) is 0. The van der Waals surface area contributed by atoms with E-state index in [0.717, 1.165) is 0 Å². The van der Waals surface area contributed by atoms with E-state index in [1.54, 1.807) is 0 Å². The summed E-state index contributed by atoms with van der Waals surface area (Å²) < 4.78 is 1.47. The van der Waals surface area contributed by atoms with Gasteiger partial charge in [0.15, 0.2) is 0 Å². The predicted molar refractivity (Wildman–Crippen MR) is 144 cm³/mol. The molecular weight excluding hydrogens is 501 g/mol. The normalized spacial score (nSPS) is 11.6. The molecule has 0 aromatic heterocycles. The lowest BCUT2D eigenvalue weighted by Gasteiger charge is -2.39. The Bertz CT molecular complexity index is 299. The van der Waals surface area contributed by atoms with Gasteiger partial charge in [-0.15, -0.1) is 0 Å². The molecule has 0 saturated carbocycles. The summed E-state index contributed by atoms with van der Waals surface area (Å²) in [6, 6.07) is 0. The standard InChI is InChI=1S/C30H64N.HI/c1-5-9-13-17-19-21-25-29-31(27-23-15-11-7-3,28-24-16-12-8-4)30-26-22-20-18-14-10-6-2;/h5-30H2,1-4H3;1H/q+1;/p-1. The second-order valence-corrected chi connectivity index (χ2v) is 10.6. The molecule has 0 heterocycles. The summed E-state index contributed by atoms with van der Waals surface area (Å²) in [7, 11) is 0. The monoisotopic (exact) mass is 565 g/mol. The Labute approximate surface area is 222 Å². The molecule has 0 saturated heterocycles. The van der Waals surface area contributed by atoms with E-state index in [0.29, 0.717) is 0 Å². The van der Waals surface area contributed by atoms with Gasteiger partial charge in [-0.05, 0) is 51.4 Å². The van der Waals surface area contributed by atoms with Gasteiger partial charge in [-0.2, -0.15) is 0 Å². The lowest BCUT2D eigenvalue weighted by Crippen LogP contribution is -3.00. The number of quaternary nitrogens is 1. The van der Waals surface area contributed by atoms with E-state index in [2.05, 4.69) is 27.7 Å². The number of halogens is 1. The van der Waals surface area contributed by atoms with Gasteiger partial charge in [-0.1, -0.05) is 118 Å². The van der Waals surface area contributed by atoms with E-state index in [1.165, 1.54) is 172 Å². The van der Waals surface area contributed by atoms with Crippen LogP contribution in [0.15, 0.2) is 0 Å². The van der Waals surface area contributed by atoms with Gasteiger partial charge in [0.25, 0.3) is 0 Å². The van der Waals surface area contributed by atoms with Crippen LogP contribution >= 0.6 is 0 Å². The SMILES string of the molecule is CCCCCCCCC[N+](CCCCCC)(CCCCCC)CCCCCCCCC.[I-]. The first-order valence-corrected chi connectivity index (χ1v) is 15.1. The van der Waals surface area contributed by atoms with E-state index >= 15 is 0 Å². The Kier molecular flexibility index (Phi) is 30.4. The van der Waals surface area contributed by atoms with Gasteiger partial charge in [0, 0.05) is 0 Å². The Morgan fingerprint density at radius 3 is 0.719 bits per heavy atom. The van der Waals surface area contributed by atoms with Crippen molar-refractivity contribution in [3.8, 4) is 0 Å². The molecule has 0 aliphatic rings. The summed E-state index contributed by atoms with van der Waals surface area (Å²) in [5.41, 5.74) is 0. The third-order valence-electron chi connectivity index (χ3n) is 7.44. The van der Waals surface area contributed by atoms with Crippen LogP contribution in [0.25, 0.3) is 0 Å².